The highest BCUT2D eigenvalue weighted by Gasteiger charge is 2.11. The first-order valence-corrected chi connectivity index (χ1v) is 4.87. The van der Waals surface area contributed by atoms with Gasteiger partial charge in [-0.2, -0.15) is 0 Å². The van der Waals surface area contributed by atoms with Crippen molar-refractivity contribution >= 4 is 39.7 Å². The smallest absolute Gasteiger partial charge is 0.258 e. The molecule has 15 heavy (non-hydrogen) atoms. The number of halogens is 2. The molecular formula is C10H5Cl2NO2. The molecule has 0 saturated carbocycles. The molecule has 0 fully saturated rings. The second kappa shape index (κ2) is 3.68. The molecule has 0 N–H and O–H groups in total. The molecule has 0 spiro atoms. The molecule has 2 aromatic carbocycles. The van der Waals surface area contributed by atoms with E-state index in [0.717, 1.165) is 5.39 Å². The second-order valence-corrected chi connectivity index (χ2v) is 3.83. The predicted molar refractivity (Wildman–Crippen MR) is 60.6 cm³/mol. The van der Waals surface area contributed by atoms with Crippen molar-refractivity contribution in [3.05, 3.63) is 50.5 Å². The van der Waals surface area contributed by atoms with Crippen molar-refractivity contribution in [3.8, 4) is 0 Å². The summed E-state index contributed by atoms with van der Waals surface area (Å²) in [5, 5.41) is 12.7. The maximum Gasteiger partial charge on any atom is 0.271 e. The molecule has 0 amide bonds. The Labute approximate surface area is 95.4 Å². The Morgan fingerprint density at radius 2 is 1.80 bits per heavy atom. The molecule has 0 aliphatic carbocycles. The zero-order valence-electron chi connectivity index (χ0n) is 7.41. The molecule has 3 nitrogen and oxygen atoms in total. The van der Waals surface area contributed by atoms with E-state index < -0.39 is 4.92 Å². The van der Waals surface area contributed by atoms with Crippen molar-refractivity contribution in [2.45, 2.75) is 0 Å². The summed E-state index contributed by atoms with van der Waals surface area (Å²) in [5.41, 5.74) is -0.0550. The van der Waals surface area contributed by atoms with Crippen LogP contribution in [0.2, 0.25) is 10.0 Å². The molecular weight excluding hydrogens is 237 g/mol. The van der Waals surface area contributed by atoms with Crippen molar-refractivity contribution in [1.29, 1.82) is 0 Å². The maximum absolute atomic E-state index is 10.6. The molecule has 0 saturated heterocycles. The lowest BCUT2D eigenvalue weighted by atomic mass is 10.1. The molecule has 76 valence electrons. The van der Waals surface area contributed by atoms with E-state index >= 15 is 0 Å². The summed E-state index contributed by atoms with van der Waals surface area (Å²) < 4.78 is 0. The van der Waals surface area contributed by atoms with Crippen LogP contribution in [0.3, 0.4) is 0 Å². The number of fused-ring (bicyclic) bond motifs is 1. The number of nitro benzene ring substituents is 1. The van der Waals surface area contributed by atoms with Crippen LogP contribution in [0.1, 0.15) is 0 Å². The fourth-order valence-corrected chi connectivity index (χ4v) is 1.90. The number of nitro groups is 1. The summed E-state index contributed by atoms with van der Waals surface area (Å²) >= 11 is 11.8. The van der Waals surface area contributed by atoms with E-state index in [2.05, 4.69) is 0 Å². The molecule has 0 heterocycles. The fourth-order valence-electron chi connectivity index (χ4n) is 1.39. The van der Waals surface area contributed by atoms with Crippen LogP contribution in [0.25, 0.3) is 10.8 Å². The summed E-state index contributed by atoms with van der Waals surface area (Å²) in [6.07, 6.45) is 0. The van der Waals surface area contributed by atoms with Gasteiger partial charge in [-0.1, -0.05) is 35.3 Å². The van der Waals surface area contributed by atoms with Gasteiger partial charge in [0.05, 0.1) is 9.95 Å². The Morgan fingerprint density at radius 1 is 1.07 bits per heavy atom. The Kier molecular flexibility index (Phi) is 2.50. The van der Waals surface area contributed by atoms with Gasteiger partial charge in [-0.15, -0.1) is 0 Å². The summed E-state index contributed by atoms with van der Waals surface area (Å²) in [5.74, 6) is 0. The largest absolute Gasteiger partial charge is 0.271 e. The lowest BCUT2D eigenvalue weighted by Crippen LogP contribution is -1.88. The normalized spacial score (nSPS) is 10.5. The predicted octanol–water partition coefficient (Wildman–Crippen LogP) is 4.05. The molecule has 2 rings (SSSR count). The van der Waals surface area contributed by atoms with Crippen LogP contribution in [-0.2, 0) is 0 Å². The van der Waals surface area contributed by atoms with Gasteiger partial charge in [0.15, 0.2) is 0 Å². The van der Waals surface area contributed by atoms with Crippen LogP contribution in [0.15, 0.2) is 30.3 Å². The van der Waals surface area contributed by atoms with E-state index in [1.54, 1.807) is 18.2 Å². The zero-order valence-corrected chi connectivity index (χ0v) is 8.92. The average Bonchev–Trinajstić information content (AvgIpc) is 2.19. The van der Waals surface area contributed by atoms with Gasteiger partial charge in [0.25, 0.3) is 5.69 Å². The highest BCUT2D eigenvalue weighted by molar-refractivity contribution is 6.39. The number of non-ortho nitro benzene ring substituents is 1. The number of nitrogens with zero attached hydrogens (tertiary/aromatic N) is 1. The van der Waals surface area contributed by atoms with Crippen molar-refractivity contribution in [3.63, 3.8) is 0 Å². The first-order chi connectivity index (χ1) is 7.09. The maximum atomic E-state index is 10.6. The van der Waals surface area contributed by atoms with Gasteiger partial charge < -0.3 is 0 Å². The number of benzene rings is 2. The quantitative estimate of drug-likeness (QED) is 0.559. The molecule has 0 bridgehead atoms. The van der Waals surface area contributed by atoms with Gasteiger partial charge in [0.1, 0.15) is 0 Å². The molecule has 5 heteroatoms. The third-order valence-corrected chi connectivity index (χ3v) is 2.73. The van der Waals surface area contributed by atoms with Gasteiger partial charge in [-0.3, -0.25) is 10.1 Å². The topological polar surface area (TPSA) is 43.1 Å². The monoisotopic (exact) mass is 241 g/mol. The highest BCUT2D eigenvalue weighted by Crippen LogP contribution is 2.32. The summed E-state index contributed by atoms with van der Waals surface area (Å²) in [6.45, 7) is 0. The van der Waals surface area contributed by atoms with Crippen LogP contribution in [0.5, 0.6) is 0 Å². The lowest BCUT2D eigenvalue weighted by Gasteiger charge is -2.02. The van der Waals surface area contributed by atoms with Gasteiger partial charge in [-0.05, 0) is 6.07 Å². The number of rotatable bonds is 1. The van der Waals surface area contributed by atoms with Crippen molar-refractivity contribution in [2.75, 3.05) is 0 Å². The minimum atomic E-state index is -0.491. The SMILES string of the molecule is O=[N+]([O-])c1cc(Cl)c2cccc(Cl)c2c1. The van der Waals surface area contributed by atoms with E-state index in [9.17, 15) is 10.1 Å². The summed E-state index contributed by atoms with van der Waals surface area (Å²) in [4.78, 5) is 10.1. The second-order valence-electron chi connectivity index (χ2n) is 3.02. The Bertz CT molecular complexity index is 554. The fraction of sp³-hybridized carbons (Fsp3) is 0. The number of hydrogen-bond acceptors (Lipinski definition) is 2. The summed E-state index contributed by atoms with van der Waals surface area (Å²) in [6, 6.07) is 7.93. The first kappa shape index (κ1) is 10.2. The Morgan fingerprint density at radius 3 is 2.47 bits per heavy atom. The van der Waals surface area contributed by atoms with Gasteiger partial charge in [-0.25, -0.2) is 0 Å². The third kappa shape index (κ3) is 1.76. The molecule has 0 atom stereocenters. The van der Waals surface area contributed by atoms with Crippen molar-refractivity contribution in [2.24, 2.45) is 0 Å². The minimum absolute atomic E-state index is 0.0550. The Balaban J connectivity index is 2.85. The van der Waals surface area contributed by atoms with E-state index in [-0.39, 0.29) is 5.69 Å². The zero-order chi connectivity index (χ0) is 11.0. The molecule has 2 aromatic rings. The van der Waals surface area contributed by atoms with Crippen LogP contribution >= 0.6 is 23.2 Å². The molecule has 0 aliphatic rings. The molecule has 0 unspecified atom stereocenters. The van der Waals surface area contributed by atoms with E-state index in [1.807, 2.05) is 0 Å². The van der Waals surface area contributed by atoms with Gasteiger partial charge in [0, 0.05) is 27.9 Å². The summed E-state index contributed by atoms with van der Waals surface area (Å²) in [7, 11) is 0. The van der Waals surface area contributed by atoms with Gasteiger partial charge in [0.2, 0.25) is 0 Å². The average molecular weight is 242 g/mol. The molecule has 0 aliphatic heterocycles. The molecule has 0 radical (unpaired) electrons. The molecule has 0 aromatic heterocycles. The Hall–Kier alpha value is -1.32. The van der Waals surface area contributed by atoms with Crippen LogP contribution in [0.4, 0.5) is 5.69 Å². The highest BCUT2D eigenvalue weighted by atomic mass is 35.5. The first-order valence-electron chi connectivity index (χ1n) is 4.12. The third-order valence-electron chi connectivity index (χ3n) is 2.09. The van der Waals surface area contributed by atoms with E-state index in [0.29, 0.717) is 15.4 Å². The standard InChI is InChI=1S/C10H5Cl2NO2/c11-9-3-1-2-7-8(9)4-6(13(14)15)5-10(7)12/h1-5H. The van der Waals surface area contributed by atoms with Gasteiger partial charge >= 0.3 is 0 Å². The minimum Gasteiger partial charge on any atom is -0.258 e. The lowest BCUT2D eigenvalue weighted by molar-refractivity contribution is -0.384. The van der Waals surface area contributed by atoms with Crippen molar-refractivity contribution < 1.29 is 4.92 Å². The van der Waals surface area contributed by atoms with Crippen LogP contribution in [-0.4, -0.2) is 4.92 Å². The van der Waals surface area contributed by atoms with E-state index in [1.165, 1.54) is 12.1 Å². The number of hydrogen-bond donors (Lipinski definition) is 0. The van der Waals surface area contributed by atoms with Crippen molar-refractivity contribution in [1.82, 2.24) is 0 Å². The van der Waals surface area contributed by atoms with Crippen LogP contribution in [0, 0.1) is 10.1 Å². The van der Waals surface area contributed by atoms with E-state index in [4.69, 9.17) is 23.2 Å². The van der Waals surface area contributed by atoms with Crippen LogP contribution < -0.4 is 0 Å².